The number of fused-ring (bicyclic) bond motifs is 6. The molecule has 0 aromatic carbocycles. The minimum atomic E-state index is -0.780. The molecule has 0 unspecified atom stereocenters. The van der Waals surface area contributed by atoms with Gasteiger partial charge in [0, 0.05) is 58.1 Å². The molecule has 10 aliphatic rings. The molecule has 1 spiro atoms. The summed E-state index contributed by atoms with van der Waals surface area (Å²) in [5.41, 5.74) is 8.01. The van der Waals surface area contributed by atoms with E-state index in [1.807, 2.05) is 0 Å². The first-order chi connectivity index (χ1) is 25.1. The number of aliphatic hydroxyl groups is 1. The van der Waals surface area contributed by atoms with Crippen molar-refractivity contribution in [3.8, 4) is 0 Å². The van der Waals surface area contributed by atoms with Gasteiger partial charge in [-0.3, -0.25) is 4.79 Å². The number of nitrogens with two attached hydrogens (primary N) is 1. The van der Waals surface area contributed by atoms with E-state index < -0.39 is 18.0 Å². The highest BCUT2D eigenvalue weighted by Crippen LogP contribution is 2.54. The highest BCUT2D eigenvalue weighted by Gasteiger charge is 2.68. The van der Waals surface area contributed by atoms with Crippen LogP contribution in [-0.4, -0.2) is 128 Å². The summed E-state index contributed by atoms with van der Waals surface area (Å²) < 4.78 is 60.0. The summed E-state index contributed by atoms with van der Waals surface area (Å²) in [5.74, 6) is -0.619. The van der Waals surface area contributed by atoms with E-state index in [1.54, 1.807) is 7.11 Å². The quantitative estimate of drug-likeness (QED) is 0.409. The van der Waals surface area contributed by atoms with Gasteiger partial charge < -0.3 is 53.5 Å². The minimum absolute atomic E-state index is 0.0158. The van der Waals surface area contributed by atoms with Crippen molar-refractivity contribution in [3.63, 3.8) is 0 Å². The number of methoxy groups -OCH3 is 1. The Morgan fingerprint density at radius 2 is 1.56 bits per heavy atom. The zero-order valence-corrected chi connectivity index (χ0v) is 30.8. The fraction of sp³-hybridized carbons (Fsp3) is 0.875. The van der Waals surface area contributed by atoms with Crippen LogP contribution in [0.25, 0.3) is 0 Å². The van der Waals surface area contributed by atoms with Crippen molar-refractivity contribution in [2.24, 2.45) is 17.6 Å². The second-order valence-corrected chi connectivity index (χ2v) is 17.4. The molecule has 290 valence electrons. The van der Waals surface area contributed by atoms with E-state index in [2.05, 4.69) is 20.1 Å². The van der Waals surface area contributed by atoms with Gasteiger partial charge in [0.15, 0.2) is 5.79 Å². The summed E-state index contributed by atoms with van der Waals surface area (Å²) in [7, 11) is 1.66. The fourth-order valence-corrected chi connectivity index (χ4v) is 11.3. The average molecular weight is 730 g/mol. The second-order valence-electron chi connectivity index (χ2n) is 17.4. The van der Waals surface area contributed by atoms with Crippen molar-refractivity contribution in [3.05, 3.63) is 24.3 Å². The lowest BCUT2D eigenvalue weighted by atomic mass is 9.81. The van der Waals surface area contributed by atoms with Crippen LogP contribution in [0.3, 0.4) is 0 Å². The molecule has 12 heteroatoms. The van der Waals surface area contributed by atoms with Gasteiger partial charge >= 0.3 is 0 Å². The predicted octanol–water partition coefficient (Wildman–Crippen LogP) is 3.44. The molecule has 10 aliphatic heterocycles. The number of rotatable bonds is 4. The Hall–Kier alpha value is -1.29. The first kappa shape index (κ1) is 36.4. The molecule has 12 bridgehead atoms. The summed E-state index contributed by atoms with van der Waals surface area (Å²) in [5, 5.41) is 10.5. The van der Waals surface area contributed by atoms with Gasteiger partial charge in [0.2, 0.25) is 0 Å². The number of Topliss-reactive ketones (excluding diaryl/α,β-unsaturated/α-hetero) is 1. The molecule has 0 aromatic rings. The van der Waals surface area contributed by atoms with Crippen molar-refractivity contribution < 1.29 is 52.5 Å². The van der Waals surface area contributed by atoms with E-state index in [0.29, 0.717) is 25.7 Å². The Morgan fingerprint density at radius 3 is 2.38 bits per heavy atom. The summed E-state index contributed by atoms with van der Waals surface area (Å²) in [6, 6.07) is 0. The maximum Gasteiger partial charge on any atom is 0.172 e. The molecule has 10 saturated heterocycles. The number of hydrogen-bond acceptors (Lipinski definition) is 12. The molecule has 3 N–H and O–H groups in total. The summed E-state index contributed by atoms with van der Waals surface area (Å²) in [6.45, 7) is 11.3. The van der Waals surface area contributed by atoms with Crippen LogP contribution in [0.15, 0.2) is 24.3 Å². The third kappa shape index (κ3) is 6.59. The van der Waals surface area contributed by atoms with Crippen LogP contribution in [-0.2, 0) is 47.4 Å². The SMILES string of the molecule is C=C1C[C@@H]2CC[C@@]34C[C@H]5O[C@@H]6[C@@H](O3)[C@H]3O[C@H](CC[C@@H]3O[C@@H]6[C@H]5O4)CC(=O)C[C@@H]3[C@@H](OC)[C@@H](C[C@H](O)CN)O[C@H]3C[C@H]3O[C@@H](CC[C@@H]1O2)C[C@@H](C)C3=C. The average Bonchev–Trinajstić information content (AvgIpc) is 3.79. The van der Waals surface area contributed by atoms with Gasteiger partial charge in [-0.2, -0.15) is 0 Å². The van der Waals surface area contributed by atoms with Gasteiger partial charge in [0.25, 0.3) is 0 Å². The smallest absolute Gasteiger partial charge is 0.172 e. The lowest BCUT2D eigenvalue weighted by molar-refractivity contribution is -0.292. The molecule has 52 heavy (non-hydrogen) atoms. The molecule has 19 atom stereocenters. The number of ketones is 1. The number of aliphatic hydroxyl groups excluding tert-OH is 1. The Labute approximate surface area is 307 Å². The maximum atomic E-state index is 14.1. The lowest BCUT2D eigenvalue weighted by Gasteiger charge is -2.47. The van der Waals surface area contributed by atoms with Gasteiger partial charge in [-0.15, -0.1) is 0 Å². The van der Waals surface area contributed by atoms with Crippen LogP contribution >= 0.6 is 0 Å². The van der Waals surface area contributed by atoms with Crippen LogP contribution in [0.4, 0.5) is 0 Å². The van der Waals surface area contributed by atoms with E-state index in [0.717, 1.165) is 56.1 Å². The molecule has 10 rings (SSSR count). The summed E-state index contributed by atoms with van der Waals surface area (Å²) >= 11 is 0. The molecule has 0 aliphatic carbocycles. The largest absolute Gasteiger partial charge is 0.392 e. The van der Waals surface area contributed by atoms with Crippen molar-refractivity contribution in [2.75, 3.05) is 13.7 Å². The molecule has 0 saturated carbocycles. The zero-order valence-electron chi connectivity index (χ0n) is 30.8. The third-order valence-corrected chi connectivity index (χ3v) is 14.0. The molecule has 0 aromatic heterocycles. The molecule has 0 amide bonds. The Kier molecular flexibility index (Phi) is 10.0. The van der Waals surface area contributed by atoms with Gasteiger partial charge in [-0.25, -0.2) is 0 Å². The Morgan fingerprint density at radius 1 is 0.808 bits per heavy atom. The topological polar surface area (TPSA) is 146 Å². The first-order valence-corrected chi connectivity index (χ1v) is 20.2. The fourth-order valence-electron chi connectivity index (χ4n) is 11.3. The van der Waals surface area contributed by atoms with Crippen molar-refractivity contribution in [2.45, 2.75) is 194 Å². The highest BCUT2D eigenvalue weighted by atomic mass is 16.8. The number of carbonyl (C=O) groups excluding carboxylic acids is 1. The predicted molar refractivity (Wildman–Crippen MR) is 186 cm³/mol. The molecular weight excluding hydrogens is 670 g/mol. The zero-order chi connectivity index (χ0) is 35.9. The number of carbonyl (C=O) groups is 1. The van der Waals surface area contributed by atoms with Crippen LogP contribution in [0.1, 0.15) is 90.4 Å². The second kappa shape index (κ2) is 14.3. The van der Waals surface area contributed by atoms with Crippen LogP contribution in [0.2, 0.25) is 0 Å². The van der Waals surface area contributed by atoms with E-state index in [1.165, 1.54) is 0 Å². The van der Waals surface area contributed by atoms with E-state index in [9.17, 15) is 9.90 Å². The van der Waals surface area contributed by atoms with Crippen LogP contribution in [0.5, 0.6) is 0 Å². The van der Waals surface area contributed by atoms with E-state index in [-0.39, 0.29) is 122 Å². The standard InChI is InChI=1S/C40H59NO11/c1-19-11-24-5-7-28-20(2)12-26(45-28)9-10-40-17-33-36(51-40)37-38(50-33)39(52-40)35-29(49-37)8-6-25(47-35)13-22(42)14-27-31(16-30(46-24)21(19)3)48-32(34(27)44-4)15-23(43)18-41/h19,23-39,43H,2-3,5-18,41H2,1,4H3/t19-,23+,24+,25-,26+,27+,28+,29+,30-,31+,32-,33-,34-,35+,36+,37-,38+,39+,40+/m1/s1. The van der Waals surface area contributed by atoms with Gasteiger partial charge in [0.1, 0.15) is 36.3 Å². The normalized spacial score (nSPS) is 52.4. The molecule has 0 radical (unpaired) electrons. The lowest BCUT2D eigenvalue weighted by Crippen LogP contribution is -2.61. The van der Waals surface area contributed by atoms with Crippen molar-refractivity contribution >= 4 is 5.78 Å². The van der Waals surface area contributed by atoms with Crippen molar-refractivity contribution in [1.29, 1.82) is 0 Å². The molecule has 12 nitrogen and oxygen atoms in total. The Balaban J connectivity index is 0.994. The maximum absolute atomic E-state index is 14.1. The molecular formula is C40H59NO11. The van der Waals surface area contributed by atoms with E-state index in [4.69, 9.17) is 48.4 Å². The first-order valence-electron chi connectivity index (χ1n) is 20.2. The molecule has 10 fully saturated rings. The number of ether oxygens (including phenoxy) is 9. The Bertz CT molecular complexity index is 1380. The van der Waals surface area contributed by atoms with Gasteiger partial charge in [-0.05, 0) is 62.0 Å². The van der Waals surface area contributed by atoms with Crippen LogP contribution in [0, 0.1) is 11.8 Å². The van der Waals surface area contributed by atoms with Gasteiger partial charge in [0.05, 0.1) is 67.1 Å². The molecule has 10 heterocycles. The summed E-state index contributed by atoms with van der Waals surface area (Å²) in [6.07, 6.45) is 4.85. The van der Waals surface area contributed by atoms with Crippen LogP contribution < -0.4 is 5.73 Å². The van der Waals surface area contributed by atoms with E-state index >= 15 is 0 Å². The minimum Gasteiger partial charge on any atom is -0.392 e. The van der Waals surface area contributed by atoms with Gasteiger partial charge in [-0.1, -0.05) is 20.1 Å². The van der Waals surface area contributed by atoms with Crippen molar-refractivity contribution in [1.82, 2.24) is 0 Å². The number of hydrogen-bond donors (Lipinski definition) is 2. The monoisotopic (exact) mass is 729 g/mol. The third-order valence-electron chi connectivity index (χ3n) is 14.0. The summed E-state index contributed by atoms with van der Waals surface area (Å²) in [4.78, 5) is 14.1. The highest BCUT2D eigenvalue weighted by molar-refractivity contribution is 5.79.